The van der Waals surface area contributed by atoms with Gasteiger partial charge in [0, 0.05) is 0 Å². The third kappa shape index (κ3) is 3.05. The van der Waals surface area contributed by atoms with Gasteiger partial charge >= 0.3 is 0 Å². The van der Waals surface area contributed by atoms with Crippen LogP contribution in [0.25, 0.3) is 11.1 Å². The van der Waals surface area contributed by atoms with Gasteiger partial charge in [0.2, 0.25) is 0 Å². The zero-order chi connectivity index (χ0) is 14.7. The number of ether oxygens (including phenoxy) is 1. The lowest BCUT2D eigenvalue weighted by Gasteiger charge is -2.28. The SMILES string of the molecule is OC[C@H]1O[C@@H](c2ccc(-c3ccccc3)cc2)C=C[C@@H]1O. The van der Waals surface area contributed by atoms with Crippen molar-refractivity contribution in [3.05, 3.63) is 72.3 Å². The maximum Gasteiger partial charge on any atom is 0.111 e. The van der Waals surface area contributed by atoms with E-state index in [0.717, 1.165) is 11.1 Å². The molecule has 0 radical (unpaired) electrons. The van der Waals surface area contributed by atoms with Gasteiger partial charge in [-0.2, -0.15) is 0 Å². The first-order valence-electron chi connectivity index (χ1n) is 7.06. The minimum Gasteiger partial charge on any atom is -0.394 e. The van der Waals surface area contributed by atoms with Gasteiger partial charge in [-0.15, -0.1) is 0 Å². The van der Waals surface area contributed by atoms with E-state index >= 15 is 0 Å². The number of rotatable bonds is 3. The molecule has 3 rings (SSSR count). The molecule has 0 bridgehead atoms. The molecule has 1 aliphatic heterocycles. The van der Waals surface area contributed by atoms with Crippen LogP contribution in [0.15, 0.2) is 66.7 Å². The van der Waals surface area contributed by atoms with E-state index in [4.69, 9.17) is 4.74 Å². The number of hydrogen-bond donors (Lipinski definition) is 2. The molecule has 3 nitrogen and oxygen atoms in total. The van der Waals surface area contributed by atoms with Gasteiger partial charge < -0.3 is 14.9 Å². The minimum atomic E-state index is -0.741. The second-order valence-corrected chi connectivity index (χ2v) is 5.14. The highest BCUT2D eigenvalue weighted by atomic mass is 16.5. The Morgan fingerprint density at radius 2 is 1.52 bits per heavy atom. The monoisotopic (exact) mass is 282 g/mol. The molecule has 0 spiro atoms. The van der Waals surface area contributed by atoms with Gasteiger partial charge in [0.1, 0.15) is 18.3 Å². The normalized spacial score (nSPS) is 25.0. The van der Waals surface area contributed by atoms with Gasteiger partial charge in [0.25, 0.3) is 0 Å². The predicted molar refractivity (Wildman–Crippen MR) is 81.7 cm³/mol. The van der Waals surface area contributed by atoms with E-state index in [0.29, 0.717) is 0 Å². The zero-order valence-electron chi connectivity index (χ0n) is 11.6. The average molecular weight is 282 g/mol. The highest BCUT2D eigenvalue weighted by molar-refractivity contribution is 5.63. The Hall–Kier alpha value is -1.94. The summed E-state index contributed by atoms with van der Waals surface area (Å²) in [5, 5.41) is 18.9. The van der Waals surface area contributed by atoms with E-state index < -0.39 is 12.2 Å². The molecule has 108 valence electrons. The molecular formula is C18H18O3. The van der Waals surface area contributed by atoms with Crippen LogP contribution in [0.2, 0.25) is 0 Å². The predicted octanol–water partition coefficient (Wildman–Crippen LogP) is 2.70. The quantitative estimate of drug-likeness (QED) is 0.851. The maximum atomic E-state index is 9.65. The van der Waals surface area contributed by atoms with Crippen LogP contribution in [-0.4, -0.2) is 29.0 Å². The Kier molecular flexibility index (Phi) is 4.15. The zero-order valence-corrected chi connectivity index (χ0v) is 11.6. The van der Waals surface area contributed by atoms with Crippen molar-refractivity contribution in [2.24, 2.45) is 0 Å². The number of benzene rings is 2. The molecule has 0 unspecified atom stereocenters. The van der Waals surface area contributed by atoms with E-state index in [9.17, 15) is 10.2 Å². The molecule has 2 N–H and O–H groups in total. The summed E-state index contributed by atoms with van der Waals surface area (Å²) in [6.45, 7) is -0.190. The summed E-state index contributed by atoms with van der Waals surface area (Å²) in [6, 6.07) is 18.3. The highest BCUT2D eigenvalue weighted by Gasteiger charge is 2.25. The second-order valence-electron chi connectivity index (χ2n) is 5.14. The van der Waals surface area contributed by atoms with E-state index in [-0.39, 0.29) is 12.7 Å². The first-order chi connectivity index (χ1) is 10.3. The molecule has 1 heterocycles. The van der Waals surface area contributed by atoms with E-state index in [1.165, 1.54) is 5.56 Å². The Morgan fingerprint density at radius 1 is 0.857 bits per heavy atom. The molecule has 0 saturated heterocycles. The summed E-state index contributed by atoms with van der Waals surface area (Å²) >= 11 is 0. The molecule has 0 amide bonds. The molecule has 0 saturated carbocycles. The first kappa shape index (κ1) is 14.0. The van der Waals surface area contributed by atoms with Crippen molar-refractivity contribution < 1.29 is 14.9 Å². The first-order valence-corrected chi connectivity index (χ1v) is 7.06. The van der Waals surface area contributed by atoms with E-state index in [1.54, 1.807) is 6.08 Å². The van der Waals surface area contributed by atoms with Crippen LogP contribution in [0.4, 0.5) is 0 Å². The molecule has 2 aromatic rings. The largest absolute Gasteiger partial charge is 0.394 e. The smallest absolute Gasteiger partial charge is 0.111 e. The lowest BCUT2D eigenvalue weighted by Crippen LogP contribution is -2.35. The van der Waals surface area contributed by atoms with Gasteiger partial charge in [-0.25, -0.2) is 0 Å². The molecular weight excluding hydrogens is 264 g/mol. The third-order valence-corrected chi connectivity index (χ3v) is 3.71. The van der Waals surface area contributed by atoms with Crippen LogP contribution in [0.3, 0.4) is 0 Å². The molecule has 0 fully saturated rings. The van der Waals surface area contributed by atoms with Crippen LogP contribution in [0.5, 0.6) is 0 Å². The molecule has 2 aromatic carbocycles. The van der Waals surface area contributed by atoms with E-state index in [2.05, 4.69) is 24.3 Å². The Morgan fingerprint density at radius 3 is 2.19 bits per heavy atom. The van der Waals surface area contributed by atoms with Crippen molar-refractivity contribution in [1.29, 1.82) is 0 Å². The third-order valence-electron chi connectivity index (χ3n) is 3.71. The van der Waals surface area contributed by atoms with Gasteiger partial charge in [0.15, 0.2) is 0 Å². The fraction of sp³-hybridized carbons (Fsp3) is 0.222. The molecule has 0 aliphatic carbocycles. The molecule has 0 aromatic heterocycles. The highest BCUT2D eigenvalue weighted by Crippen LogP contribution is 2.28. The lowest BCUT2D eigenvalue weighted by molar-refractivity contribution is -0.0805. The van der Waals surface area contributed by atoms with Crippen LogP contribution in [-0.2, 0) is 4.74 Å². The maximum absolute atomic E-state index is 9.65. The van der Waals surface area contributed by atoms with Crippen molar-refractivity contribution in [1.82, 2.24) is 0 Å². The molecule has 3 heteroatoms. The summed E-state index contributed by atoms with van der Waals surface area (Å²) in [6.07, 6.45) is 1.98. The van der Waals surface area contributed by atoms with Gasteiger partial charge in [-0.1, -0.05) is 66.7 Å². The fourth-order valence-electron chi connectivity index (χ4n) is 2.49. The van der Waals surface area contributed by atoms with Crippen molar-refractivity contribution in [3.8, 4) is 11.1 Å². The van der Waals surface area contributed by atoms with Crippen molar-refractivity contribution >= 4 is 0 Å². The molecule has 1 aliphatic rings. The second kappa shape index (κ2) is 6.22. The summed E-state index contributed by atoms with van der Waals surface area (Å²) in [5.74, 6) is 0. The number of aliphatic hydroxyl groups is 2. The van der Waals surface area contributed by atoms with Crippen molar-refractivity contribution in [3.63, 3.8) is 0 Å². The standard InChI is InChI=1S/C18H18O3/c19-12-18-16(20)10-11-17(21-18)15-8-6-14(7-9-15)13-4-2-1-3-5-13/h1-11,16-20H,12H2/t16-,17+,18+/m0/s1. The Balaban J connectivity index is 1.80. The molecule has 21 heavy (non-hydrogen) atoms. The van der Waals surface area contributed by atoms with Crippen LogP contribution < -0.4 is 0 Å². The Labute approximate surface area is 124 Å². The fourth-order valence-corrected chi connectivity index (χ4v) is 2.49. The summed E-state index contributed by atoms with van der Waals surface area (Å²) in [7, 11) is 0. The summed E-state index contributed by atoms with van der Waals surface area (Å²) < 4.78 is 5.69. The van der Waals surface area contributed by atoms with Crippen LogP contribution >= 0.6 is 0 Å². The Bertz CT molecular complexity index is 604. The number of hydrogen-bond acceptors (Lipinski definition) is 3. The average Bonchev–Trinajstić information content (AvgIpc) is 2.56. The lowest BCUT2D eigenvalue weighted by atomic mass is 9.99. The number of aliphatic hydroxyl groups excluding tert-OH is 2. The van der Waals surface area contributed by atoms with E-state index in [1.807, 2.05) is 36.4 Å². The van der Waals surface area contributed by atoms with Crippen molar-refractivity contribution in [2.45, 2.75) is 18.3 Å². The van der Waals surface area contributed by atoms with Crippen LogP contribution in [0, 0.1) is 0 Å². The summed E-state index contributed by atoms with van der Waals surface area (Å²) in [5.41, 5.74) is 3.34. The van der Waals surface area contributed by atoms with Gasteiger partial charge in [-0.3, -0.25) is 0 Å². The topological polar surface area (TPSA) is 49.7 Å². The minimum absolute atomic E-state index is 0.190. The van der Waals surface area contributed by atoms with Crippen molar-refractivity contribution in [2.75, 3.05) is 6.61 Å². The van der Waals surface area contributed by atoms with Crippen LogP contribution in [0.1, 0.15) is 11.7 Å². The molecule has 3 atom stereocenters. The van der Waals surface area contributed by atoms with Gasteiger partial charge in [-0.05, 0) is 16.7 Å². The van der Waals surface area contributed by atoms with Gasteiger partial charge in [0.05, 0.1) is 6.61 Å². The summed E-state index contributed by atoms with van der Waals surface area (Å²) in [4.78, 5) is 0.